The van der Waals surface area contributed by atoms with Crippen LogP contribution in [0.5, 0.6) is 0 Å². The summed E-state index contributed by atoms with van der Waals surface area (Å²) in [7, 11) is 0. The Bertz CT molecular complexity index is 696. The molecule has 2 aromatic rings. The zero-order valence-electron chi connectivity index (χ0n) is 19.1. The highest BCUT2D eigenvalue weighted by Gasteiger charge is 2.23. The van der Waals surface area contributed by atoms with Crippen LogP contribution in [0.1, 0.15) is 88.9 Å². The predicted octanol–water partition coefficient (Wildman–Crippen LogP) is 7.90. The lowest BCUT2D eigenvalue weighted by atomic mass is 9.99. The SMILES string of the molecule is CCCCCCCc1ccc(-c2ccc([C@@H]3CO[C@@H](CCCCC)CO3)cc2)cc1. The molecule has 2 atom stereocenters. The quantitative estimate of drug-likeness (QED) is 0.332. The molecular weight excluding hydrogens is 368 g/mol. The highest BCUT2D eigenvalue weighted by Crippen LogP contribution is 2.27. The zero-order chi connectivity index (χ0) is 21.0. The second-order valence-electron chi connectivity index (χ2n) is 8.76. The predicted molar refractivity (Wildman–Crippen MR) is 127 cm³/mol. The maximum Gasteiger partial charge on any atom is 0.106 e. The van der Waals surface area contributed by atoms with Crippen molar-refractivity contribution >= 4 is 0 Å². The van der Waals surface area contributed by atoms with Crippen molar-refractivity contribution in [1.29, 1.82) is 0 Å². The average Bonchev–Trinajstić information content (AvgIpc) is 2.80. The molecule has 1 saturated heterocycles. The minimum Gasteiger partial charge on any atom is -0.373 e. The van der Waals surface area contributed by atoms with E-state index in [1.165, 1.54) is 80.0 Å². The summed E-state index contributed by atoms with van der Waals surface area (Å²) >= 11 is 0. The van der Waals surface area contributed by atoms with E-state index >= 15 is 0 Å². The summed E-state index contributed by atoms with van der Waals surface area (Å²) in [6.45, 7) is 5.90. The van der Waals surface area contributed by atoms with E-state index in [4.69, 9.17) is 9.47 Å². The van der Waals surface area contributed by atoms with Crippen LogP contribution in [0.25, 0.3) is 11.1 Å². The van der Waals surface area contributed by atoms with E-state index < -0.39 is 0 Å². The molecule has 0 N–H and O–H groups in total. The Labute approximate surface area is 184 Å². The molecule has 2 heteroatoms. The Morgan fingerprint density at radius 1 is 0.667 bits per heavy atom. The van der Waals surface area contributed by atoms with E-state index in [0.29, 0.717) is 6.61 Å². The Kier molecular flexibility index (Phi) is 9.92. The second kappa shape index (κ2) is 12.9. The first-order valence-electron chi connectivity index (χ1n) is 12.2. The van der Waals surface area contributed by atoms with Gasteiger partial charge in [0.05, 0.1) is 19.3 Å². The smallest absolute Gasteiger partial charge is 0.106 e. The molecule has 164 valence electrons. The van der Waals surface area contributed by atoms with Gasteiger partial charge in [0, 0.05) is 0 Å². The third-order valence-electron chi connectivity index (χ3n) is 6.23. The highest BCUT2D eigenvalue weighted by molar-refractivity contribution is 5.64. The maximum atomic E-state index is 6.11. The van der Waals surface area contributed by atoms with Crippen molar-refractivity contribution in [1.82, 2.24) is 0 Å². The number of ether oxygens (including phenoxy) is 2. The summed E-state index contributed by atoms with van der Waals surface area (Å²) in [4.78, 5) is 0. The van der Waals surface area contributed by atoms with Crippen LogP contribution in [0, 0.1) is 0 Å². The van der Waals surface area contributed by atoms with Crippen molar-refractivity contribution in [3.8, 4) is 11.1 Å². The van der Waals surface area contributed by atoms with Crippen molar-refractivity contribution in [2.45, 2.75) is 90.3 Å². The van der Waals surface area contributed by atoms with Crippen LogP contribution in [-0.2, 0) is 15.9 Å². The van der Waals surface area contributed by atoms with E-state index in [-0.39, 0.29) is 12.2 Å². The first kappa shape index (κ1) is 23.0. The third kappa shape index (κ3) is 7.25. The summed E-state index contributed by atoms with van der Waals surface area (Å²) in [5, 5.41) is 0. The fourth-order valence-electron chi connectivity index (χ4n) is 4.21. The number of rotatable bonds is 12. The van der Waals surface area contributed by atoms with Crippen LogP contribution in [0.3, 0.4) is 0 Å². The molecule has 1 aliphatic rings. The van der Waals surface area contributed by atoms with Crippen LogP contribution < -0.4 is 0 Å². The first-order chi connectivity index (χ1) is 14.8. The molecular formula is C28H40O2. The van der Waals surface area contributed by atoms with E-state index in [0.717, 1.165) is 13.0 Å². The molecule has 0 bridgehead atoms. The van der Waals surface area contributed by atoms with Crippen LogP contribution in [0.15, 0.2) is 48.5 Å². The van der Waals surface area contributed by atoms with Crippen molar-refractivity contribution in [2.75, 3.05) is 13.2 Å². The van der Waals surface area contributed by atoms with E-state index in [9.17, 15) is 0 Å². The lowest BCUT2D eigenvalue weighted by molar-refractivity contribution is -0.137. The fraction of sp³-hybridized carbons (Fsp3) is 0.571. The number of aryl methyl sites for hydroxylation is 1. The third-order valence-corrected chi connectivity index (χ3v) is 6.23. The summed E-state index contributed by atoms with van der Waals surface area (Å²) < 4.78 is 12.2. The van der Waals surface area contributed by atoms with Gasteiger partial charge in [-0.15, -0.1) is 0 Å². The van der Waals surface area contributed by atoms with Crippen LogP contribution in [-0.4, -0.2) is 19.3 Å². The topological polar surface area (TPSA) is 18.5 Å². The minimum absolute atomic E-state index is 0.0663. The monoisotopic (exact) mass is 408 g/mol. The van der Waals surface area contributed by atoms with E-state index in [1.807, 2.05) is 0 Å². The van der Waals surface area contributed by atoms with Crippen molar-refractivity contribution < 1.29 is 9.47 Å². The van der Waals surface area contributed by atoms with Gasteiger partial charge in [-0.25, -0.2) is 0 Å². The largest absolute Gasteiger partial charge is 0.373 e. The van der Waals surface area contributed by atoms with Crippen LogP contribution in [0.2, 0.25) is 0 Å². The molecule has 0 aliphatic carbocycles. The van der Waals surface area contributed by atoms with Crippen molar-refractivity contribution in [3.63, 3.8) is 0 Å². The van der Waals surface area contributed by atoms with Crippen LogP contribution in [0.4, 0.5) is 0 Å². The lowest BCUT2D eigenvalue weighted by Crippen LogP contribution is -2.31. The molecule has 1 heterocycles. The van der Waals surface area contributed by atoms with Gasteiger partial charge < -0.3 is 9.47 Å². The standard InChI is InChI=1S/C28H40O2/c1-3-5-7-8-10-11-23-13-15-24(16-14-23)25-17-19-26(20-18-25)28-22-29-27(21-30-28)12-9-6-4-2/h13-20,27-28H,3-12,21-22H2,1-2H3/t27-,28-/m0/s1. The summed E-state index contributed by atoms with van der Waals surface area (Å²) in [5.74, 6) is 0. The lowest BCUT2D eigenvalue weighted by Gasteiger charge is -2.30. The molecule has 0 aromatic heterocycles. The molecule has 3 rings (SSSR count). The Morgan fingerprint density at radius 2 is 1.30 bits per heavy atom. The number of hydrogen-bond donors (Lipinski definition) is 0. The van der Waals surface area contributed by atoms with Gasteiger partial charge in [0.1, 0.15) is 6.10 Å². The average molecular weight is 409 g/mol. The highest BCUT2D eigenvalue weighted by atomic mass is 16.6. The summed E-state index contributed by atoms with van der Waals surface area (Å²) in [6, 6.07) is 17.9. The van der Waals surface area contributed by atoms with Gasteiger partial charge in [0.25, 0.3) is 0 Å². The van der Waals surface area contributed by atoms with Crippen LogP contribution >= 0.6 is 0 Å². The molecule has 1 fully saturated rings. The van der Waals surface area contributed by atoms with Gasteiger partial charge in [0.15, 0.2) is 0 Å². The molecule has 0 spiro atoms. The molecule has 0 radical (unpaired) electrons. The number of benzene rings is 2. The molecule has 30 heavy (non-hydrogen) atoms. The van der Waals surface area contributed by atoms with Gasteiger partial charge in [-0.05, 0) is 41.5 Å². The van der Waals surface area contributed by atoms with Gasteiger partial charge in [-0.2, -0.15) is 0 Å². The molecule has 2 aromatic carbocycles. The van der Waals surface area contributed by atoms with E-state index in [2.05, 4.69) is 62.4 Å². The minimum atomic E-state index is 0.0663. The Morgan fingerprint density at radius 3 is 1.93 bits per heavy atom. The first-order valence-corrected chi connectivity index (χ1v) is 12.2. The summed E-state index contributed by atoms with van der Waals surface area (Å²) in [5.41, 5.74) is 5.22. The van der Waals surface area contributed by atoms with Gasteiger partial charge in [-0.1, -0.05) is 107 Å². The second-order valence-corrected chi connectivity index (χ2v) is 8.76. The molecule has 1 aliphatic heterocycles. The van der Waals surface area contributed by atoms with Gasteiger partial charge in [-0.3, -0.25) is 0 Å². The summed E-state index contributed by atoms with van der Waals surface area (Å²) in [6.07, 6.45) is 13.1. The van der Waals surface area contributed by atoms with Gasteiger partial charge in [0.2, 0.25) is 0 Å². The normalized spacial score (nSPS) is 19.1. The zero-order valence-corrected chi connectivity index (χ0v) is 19.1. The van der Waals surface area contributed by atoms with E-state index in [1.54, 1.807) is 0 Å². The van der Waals surface area contributed by atoms with Gasteiger partial charge >= 0.3 is 0 Å². The molecule has 2 nitrogen and oxygen atoms in total. The Balaban J connectivity index is 1.46. The fourth-order valence-corrected chi connectivity index (χ4v) is 4.21. The van der Waals surface area contributed by atoms with Crippen molar-refractivity contribution in [3.05, 3.63) is 59.7 Å². The molecule has 0 saturated carbocycles. The molecule has 0 unspecified atom stereocenters. The molecule has 0 amide bonds. The number of hydrogen-bond acceptors (Lipinski definition) is 2. The number of unbranched alkanes of at least 4 members (excludes halogenated alkanes) is 6. The van der Waals surface area contributed by atoms with Crippen molar-refractivity contribution in [2.24, 2.45) is 0 Å². The Hall–Kier alpha value is -1.64. The maximum absolute atomic E-state index is 6.11.